The quantitative estimate of drug-likeness (QED) is 0.627. The normalized spacial score (nSPS) is 20.6. The van der Waals surface area contributed by atoms with E-state index in [1.807, 2.05) is 4.90 Å². The Morgan fingerprint density at radius 3 is 2.38 bits per heavy atom. The van der Waals surface area contributed by atoms with Gasteiger partial charge in [0.1, 0.15) is 11.6 Å². The van der Waals surface area contributed by atoms with Gasteiger partial charge in [-0.3, -0.25) is 24.4 Å². The summed E-state index contributed by atoms with van der Waals surface area (Å²) in [5.74, 6) is -3.65. The first-order valence-electron chi connectivity index (χ1n) is 9.53. The van der Waals surface area contributed by atoms with Crippen LogP contribution in [0.5, 0.6) is 0 Å². The standard InChI is InChI=1S/C20H20F2N4O3/c21-16-7-14(8-17(22)19(16)15-1-2-18(28)24-20(15)29)25-5-3-13(4-6-25)26-10-12(11-27)9-23-26/h7-11,13,15H,1-6H2,(H,24,28,29). The van der Waals surface area contributed by atoms with Gasteiger partial charge in [0.2, 0.25) is 11.8 Å². The second kappa shape index (κ2) is 7.73. The zero-order chi connectivity index (χ0) is 20.5. The lowest BCUT2D eigenvalue weighted by Gasteiger charge is -2.34. The molecule has 2 amide bonds. The minimum atomic E-state index is -1.00. The number of nitrogens with zero attached hydrogens (tertiary/aromatic N) is 3. The van der Waals surface area contributed by atoms with Crippen molar-refractivity contribution in [1.29, 1.82) is 0 Å². The Hall–Kier alpha value is -3.10. The monoisotopic (exact) mass is 402 g/mol. The largest absolute Gasteiger partial charge is 0.371 e. The van der Waals surface area contributed by atoms with E-state index in [0.717, 1.165) is 19.1 Å². The van der Waals surface area contributed by atoms with Crippen molar-refractivity contribution in [2.24, 2.45) is 0 Å². The van der Waals surface area contributed by atoms with E-state index in [-0.39, 0.29) is 24.4 Å². The third-order valence-electron chi connectivity index (χ3n) is 5.61. The van der Waals surface area contributed by atoms with Crippen molar-refractivity contribution >= 4 is 23.8 Å². The van der Waals surface area contributed by atoms with Gasteiger partial charge in [0, 0.05) is 37.0 Å². The van der Waals surface area contributed by atoms with E-state index in [1.165, 1.54) is 18.3 Å². The molecule has 2 saturated heterocycles. The van der Waals surface area contributed by atoms with E-state index in [0.29, 0.717) is 24.3 Å². The van der Waals surface area contributed by atoms with E-state index >= 15 is 0 Å². The van der Waals surface area contributed by atoms with E-state index in [1.54, 1.807) is 10.9 Å². The average Bonchev–Trinajstić information content (AvgIpc) is 3.18. The molecule has 2 aromatic rings. The second-order valence-corrected chi connectivity index (χ2v) is 7.42. The van der Waals surface area contributed by atoms with Crippen molar-refractivity contribution in [2.75, 3.05) is 18.0 Å². The minimum Gasteiger partial charge on any atom is -0.371 e. The molecule has 29 heavy (non-hydrogen) atoms. The summed E-state index contributed by atoms with van der Waals surface area (Å²) in [6.45, 7) is 1.16. The average molecular weight is 402 g/mol. The fourth-order valence-corrected chi connectivity index (χ4v) is 4.06. The summed E-state index contributed by atoms with van der Waals surface area (Å²) in [7, 11) is 0. The molecule has 1 unspecified atom stereocenters. The summed E-state index contributed by atoms with van der Waals surface area (Å²) in [6, 6.07) is 2.62. The molecule has 4 rings (SSSR count). The molecular weight excluding hydrogens is 382 g/mol. The first-order valence-corrected chi connectivity index (χ1v) is 9.53. The maximum atomic E-state index is 14.7. The van der Waals surface area contributed by atoms with Crippen LogP contribution >= 0.6 is 0 Å². The second-order valence-electron chi connectivity index (χ2n) is 7.42. The first kappa shape index (κ1) is 19.2. The van der Waals surface area contributed by atoms with Crippen LogP contribution in [-0.2, 0) is 9.59 Å². The molecule has 152 valence electrons. The van der Waals surface area contributed by atoms with Gasteiger partial charge in [-0.15, -0.1) is 0 Å². The number of amides is 2. The van der Waals surface area contributed by atoms with Crippen LogP contribution in [0.25, 0.3) is 0 Å². The Morgan fingerprint density at radius 2 is 1.79 bits per heavy atom. The Labute approximate surface area is 165 Å². The summed E-state index contributed by atoms with van der Waals surface area (Å²) < 4.78 is 31.2. The number of imide groups is 1. The Kier molecular flexibility index (Phi) is 5.12. The fourth-order valence-electron chi connectivity index (χ4n) is 4.06. The van der Waals surface area contributed by atoms with Crippen LogP contribution in [0.2, 0.25) is 0 Å². The molecule has 1 N–H and O–H groups in total. The number of hydrogen-bond acceptors (Lipinski definition) is 5. The van der Waals surface area contributed by atoms with Gasteiger partial charge in [-0.25, -0.2) is 8.78 Å². The van der Waals surface area contributed by atoms with Crippen LogP contribution < -0.4 is 10.2 Å². The number of benzene rings is 1. The molecule has 2 fully saturated rings. The number of aromatic nitrogens is 2. The fraction of sp³-hybridized carbons (Fsp3) is 0.400. The van der Waals surface area contributed by atoms with E-state index in [2.05, 4.69) is 10.4 Å². The molecule has 0 aliphatic carbocycles. The van der Waals surface area contributed by atoms with E-state index in [4.69, 9.17) is 0 Å². The third kappa shape index (κ3) is 3.76. The van der Waals surface area contributed by atoms with Crippen molar-refractivity contribution in [3.8, 4) is 0 Å². The van der Waals surface area contributed by atoms with Crippen LogP contribution in [-0.4, -0.2) is 41.0 Å². The molecule has 0 saturated carbocycles. The number of hydrogen-bond donors (Lipinski definition) is 1. The summed E-state index contributed by atoms with van der Waals surface area (Å²) in [5.41, 5.74) is 0.649. The highest BCUT2D eigenvalue weighted by Gasteiger charge is 2.33. The van der Waals surface area contributed by atoms with Crippen molar-refractivity contribution < 1.29 is 23.2 Å². The number of rotatable bonds is 4. The van der Waals surface area contributed by atoms with Crippen LogP contribution in [0.15, 0.2) is 24.5 Å². The molecule has 1 aromatic heterocycles. The van der Waals surface area contributed by atoms with Crippen molar-refractivity contribution in [3.05, 3.63) is 47.3 Å². The van der Waals surface area contributed by atoms with Gasteiger partial charge in [-0.1, -0.05) is 0 Å². The number of aldehydes is 1. The van der Waals surface area contributed by atoms with Gasteiger partial charge in [0.05, 0.1) is 23.7 Å². The zero-order valence-corrected chi connectivity index (χ0v) is 15.6. The summed E-state index contributed by atoms with van der Waals surface area (Å²) in [6.07, 6.45) is 5.55. The summed E-state index contributed by atoms with van der Waals surface area (Å²) in [4.78, 5) is 36.0. The molecule has 0 spiro atoms. The number of carbonyl (C=O) groups is 3. The molecule has 7 nitrogen and oxygen atoms in total. The molecule has 1 atom stereocenters. The number of piperidine rings is 2. The van der Waals surface area contributed by atoms with Crippen LogP contribution in [0.4, 0.5) is 14.5 Å². The minimum absolute atomic E-state index is 0.0593. The highest BCUT2D eigenvalue weighted by molar-refractivity contribution is 6.01. The van der Waals surface area contributed by atoms with Crippen LogP contribution in [0.1, 0.15) is 53.6 Å². The number of anilines is 1. The van der Waals surface area contributed by atoms with Gasteiger partial charge < -0.3 is 4.90 Å². The van der Waals surface area contributed by atoms with Gasteiger partial charge in [0.25, 0.3) is 0 Å². The van der Waals surface area contributed by atoms with Crippen LogP contribution in [0.3, 0.4) is 0 Å². The predicted octanol–water partition coefficient (Wildman–Crippen LogP) is 2.34. The highest BCUT2D eigenvalue weighted by Crippen LogP contribution is 2.33. The van der Waals surface area contributed by atoms with Gasteiger partial charge >= 0.3 is 0 Å². The Bertz CT molecular complexity index is 943. The smallest absolute Gasteiger partial charge is 0.234 e. The molecule has 0 radical (unpaired) electrons. The molecule has 1 aromatic carbocycles. The van der Waals surface area contributed by atoms with Crippen molar-refractivity contribution in [1.82, 2.24) is 15.1 Å². The summed E-state index contributed by atoms with van der Waals surface area (Å²) >= 11 is 0. The highest BCUT2D eigenvalue weighted by atomic mass is 19.1. The molecule has 2 aliphatic heterocycles. The van der Waals surface area contributed by atoms with Gasteiger partial charge in [0.15, 0.2) is 6.29 Å². The Balaban J connectivity index is 1.48. The number of halogens is 2. The molecule has 0 bridgehead atoms. The van der Waals surface area contributed by atoms with Crippen molar-refractivity contribution in [3.63, 3.8) is 0 Å². The molecule has 9 heteroatoms. The molecule has 3 heterocycles. The number of nitrogens with one attached hydrogen (secondary N) is 1. The third-order valence-corrected chi connectivity index (χ3v) is 5.61. The van der Waals surface area contributed by atoms with E-state index < -0.39 is 29.4 Å². The lowest BCUT2D eigenvalue weighted by Crippen LogP contribution is -2.40. The van der Waals surface area contributed by atoms with Gasteiger partial charge in [-0.05, 0) is 31.4 Å². The predicted molar refractivity (Wildman–Crippen MR) is 99.6 cm³/mol. The zero-order valence-electron chi connectivity index (χ0n) is 15.6. The lowest BCUT2D eigenvalue weighted by molar-refractivity contribution is -0.134. The van der Waals surface area contributed by atoms with E-state index in [9.17, 15) is 23.2 Å². The first-order chi connectivity index (χ1) is 14.0. The SMILES string of the molecule is O=Cc1cnn(C2CCN(c3cc(F)c(C4CCC(=O)NC4=O)c(F)c3)CC2)c1. The Morgan fingerprint density at radius 1 is 1.10 bits per heavy atom. The number of carbonyl (C=O) groups excluding carboxylic acids is 3. The van der Waals surface area contributed by atoms with Crippen molar-refractivity contribution in [2.45, 2.75) is 37.6 Å². The summed E-state index contributed by atoms with van der Waals surface area (Å²) in [5, 5.41) is 6.33. The molecular formula is C20H20F2N4O3. The topological polar surface area (TPSA) is 84.3 Å². The maximum Gasteiger partial charge on any atom is 0.234 e. The lowest BCUT2D eigenvalue weighted by atomic mass is 9.89. The van der Waals surface area contributed by atoms with Crippen LogP contribution in [0, 0.1) is 11.6 Å². The molecule has 2 aliphatic rings. The maximum absolute atomic E-state index is 14.7. The van der Waals surface area contributed by atoms with Gasteiger partial charge in [-0.2, -0.15) is 5.10 Å².